The molecule has 1 aliphatic heterocycles. The first-order valence-electron chi connectivity index (χ1n) is 11.6. The summed E-state index contributed by atoms with van der Waals surface area (Å²) in [6.45, 7) is 7.93. The average molecular weight is 516 g/mol. The predicted molar refractivity (Wildman–Crippen MR) is 130 cm³/mol. The normalized spacial score (nSPS) is 23.1. The SMILES string of the molecule is CO[C@@H]1[C@@H](OC(=O)c2ccc(C)[nH]2)[C@@H](O)[C@H](Oc2ccc3c(O)c(C(C)=O)c(=O)oc3c2C)OC1(C)C. The molecule has 4 rings (SSSR count). The van der Waals surface area contributed by atoms with Crippen LogP contribution in [-0.2, 0) is 14.2 Å². The summed E-state index contributed by atoms with van der Waals surface area (Å²) in [6, 6.07) is 6.20. The summed E-state index contributed by atoms with van der Waals surface area (Å²) >= 11 is 0. The standard InChI is InChI=1S/C26H29NO10/c1-11-7-9-15(27-11)23(31)36-21-19(30)25(37-26(4,5)22(21)33-6)34-16-10-8-14-18(29)17(13(3)28)24(32)35-20(14)12(16)2/h7-10,19,21-22,25,27,29-30H,1-6H3/t19-,21+,22-,25-/m1/s1. The van der Waals surface area contributed by atoms with Crippen LogP contribution in [0, 0.1) is 13.8 Å². The van der Waals surface area contributed by atoms with Crippen molar-refractivity contribution >= 4 is 22.7 Å². The lowest BCUT2D eigenvalue weighted by atomic mass is 9.89. The number of aromatic amines is 1. The summed E-state index contributed by atoms with van der Waals surface area (Å²) in [4.78, 5) is 39.7. The van der Waals surface area contributed by atoms with Crippen molar-refractivity contribution in [3.05, 3.63) is 57.2 Å². The number of aromatic hydroxyl groups is 1. The summed E-state index contributed by atoms with van der Waals surface area (Å²) in [7, 11) is 1.42. The van der Waals surface area contributed by atoms with Gasteiger partial charge in [-0.3, -0.25) is 4.79 Å². The minimum absolute atomic E-state index is 0.00872. The number of aliphatic hydroxyl groups excluding tert-OH is 1. The molecule has 3 aromatic rings. The van der Waals surface area contributed by atoms with Gasteiger partial charge >= 0.3 is 11.6 Å². The monoisotopic (exact) mass is 515 g/mol. The number of aryl methyl sites for hydroxylation is 2. The molecule has 0 spiro atoms. The number of benzene rings is 1. The molecule has 1 saturated heterocycles. The van der Waals surface area contributed by atoms with Gasteiger partial charge in [0.2, 0.25) is 6.29 Å². The number of carbonyl (C=O) groups is 2. The second-order valence-electron chi connectivity index (χ2n) is 9.51. The quantitative estimate of drug-likeness (QED) is 0.253. The van der Waals surface area contributed by atoms with Gasteiger partial charge < -0.3 is 38.6 Å². The minimum Gasteiger partial charge on any atom is -0.506 e. The third-order valence-electron chi connectivity index (χ3n) is 6.41. The number of esters is 1. The Morgan fingerprint density at radius 1 is 1.14 bits per heavy atom. The van der Waals surface area contributed by atoms with Crippen molar-refractivity contribution in [2.45, 2.75) is 64.8 Å². The number of rotatable bonds is 6. The van der Waals surface area contributed by atoms with Crippen molar-refractivity contribution < 1.29 is 43.2 Å². The maximum absolute atomic E-state index is 12.8. The molecule has 0 amide bonds. The second-order valence-corrected chi connectivity index (χ2v) is 9.51. The van der Waals surface area contributed by atoms with Gasteiger partial charge in [-0.2, -0.15) is 0 Å². The Morgan fingerprint density at radius 2 is 1.84 bits per heavy atom. The summed E-state index contributed by atoms with van der Waals surface area (Å²) in [5.74, 6) is -1.63. The van der Waals surface area contributed by atoms with E-state index in [2.05, 4.69) is 4.98 Å². The Labute approximate surface area is 211 Å². The molecule has 0 radical (unpaired) electrons. The number of carbonyl (C=O) groups excluding carboxylic acids is 2. The van der Waals surface area contributed by atoms with Gasteiger partial charge in [0.05, 0.1) is 11.0 Å². The van der Waals surface area contributed by atoms with E-state index in [4.69, 9.17) is 23.4 Å². The van der Waals surface area contributed by atoms with E-state index in [1.807, 2.05) is 0 Å². The van der Waals surface area contributed by atoms with E-state index in [9.17, 15) is 24.6 Å². The van der Waals surface area contributed by atoms with Crippen LogP contribution < -0.4 is 10.4 Å². The Hall–Kier alpha value is -3.67. The van der Waals surface area contributed by atoms with Gasteiger partial charge in [0, 0.05) is 18.4 Å². The van der Waals surface area contributed by atoms with E-state index >= 15 is 0 Å². The molecule has 4 atom stereocenters. The number of hydrogen-bond acceptors (Lipinski definition) is 10. The number of ether oxygens (including phenoxy) is 4. The van der Waals surface area contributed by atoms with Crippen LogP contribution in [0.25, 0.3) is 11.0 Å². The fourth-order valence-electron chi connectivity index (χ4n) is 4.55. The number of methoxy groups -OCH3 is 1. The fraction of sp³-hybridized carbons (Fsp3) is 0.423. The number of H-pyrrole nitrogens is 1. The van der Waals surface area contributed by atoms with Crippen LogP contribution in [-0.4, -0.2) is 64.3 Å². The van der Waals surface area contributed by atoms with Gasteiger partial charge in [0.25, 0.3) is 0 Å². The largest absolute Gasteiger partial charge is 0.506 e. The van der Waals surface area contributed by atoms with Crippen molar-refractivity contribution in [3.63, 3.8) is 0 Å². The highest BCUT2D eigenvalue weighted by Gasteiger charge is 2.53. The number of nitrogens with one attached hydrogen (secondary N) is 1. The zero-order valence-electron chi connectivity index (χ0n) is 21.3. The highest BCUT2D eigenvalue weighted by molar-refractivity contribution is 6.02. The van der Waals surface area contributed by atoms with Crippen molar-refractivity contribution in [1.82, 2.24) is 4.98 Å². The van der Waals surface area contributed by atoms with Crippen LogP contribution >= 0.6 is 0 Å². The maximum Gasteiger partial charge on any atom is 0.355 e. The molecular formula is C26H29NO10. The van der Waals surface area contributed by atoms with E-state index in [0.717, 1.165) is 12.6 Å². The number of Topliss-reactive ketones (excluding diaryl/α,β-unsaturated/α-hetero) is 1. The molecule has 1 aliphatic rings. The van der Waals surface area contributed by atoms with Crippen LogP contribution in [0.15, 0.2) is 33.5 Å². The first-order valence-corrected chi connectivity index (χ1v) is 11.6. The van der Waals surface area contributed by atoms with Crippen LogP contribution in [0.5, 0.6) is 11.5 Å². The molecule has 198 valence electrons. The maximum atomic E-state index is 12.8. The Kier molecular flexibility index (Phi) is 6.89. The summed E-state index contributed by atoms with van der Waals surface area (Å²) in [5.41, 5.74) is -1.17. The molecule has 0 bridgehead atoms. The molecule has 3 N–H and O–H groups in total. The number of aromatic nitrogens is 1. The van der Waals surface area contributed by atoms with Gasteiger partial charge in [0.1, 0.15) is 34.4 Å². The fourth-order valence-corrected chi connectivity index (χ4v) is 4.55. The van der Waals surface area contributed by atoms with Crippen molar-refractivity contribution in [2.75, 3.05) is 7.11 Å². The Balaban J connectivity index is 1.67. The Bertz CT molecular complexity index is 1420. The molecule has 0 aliphatic carbocycles. The smallest absolute Gasteiger partial charge is 0.355 e. The first kappa shape index (κ1) is 26.4. The summed E-state index contributed by atoms with van der Waals surface area (Å²) in [5, 5.41) is 21.8. The number of fused-ring (bicyclic) bond motifs is 1. The molecule has 1 aromatic carbocycles. The molecule has 0 unspecified atom stereocenters. The van der Waals surface area contributed by atoms with Gasteiger partial charge in [-0.1, -0.05) is 0 Å². The van der Waals surface area contributed by atoms with Crippen molar-refractivity contribution in [3.8, 4) is 11.5 Å². The lowest BCUT2D eigenvalue weighted by molar-refractivity contribution is -0.305. The van der Waals surface area contributed by atoms with Crippen molar-refractivity contribution in [1.29, 1.82) is 0 Å². The van der Waals surface area contributed by atoms with Crippen molar-refractivity contribution in [2.24, 2.45) is 0 Å². The molecule has 3 heterocycles. The lowest BCUT2D eigenvalue weighted by Gasteiger charge is -2.47. The second kappa shape index (κ2) is 9.66. The molecule has 11 nitrogen and oxygen atoms in total. The van der Waals surface area contributed by atoms with Gasteiger partial charge in [-0.25, -0.2) is 9.59 Å². The zero-order chi connectivity index (χ0) is 27.2. The van der Waals surface area contributed by atoms with E-state index in [0.29, 0.717) is 5.56 Å². The van der Waals surface area contributed by atoms with Crippen LogP contribution in [0.3, 0.4) is 0 Å². The highest BCUT2D eigenvalue weighted by atomic mass is 16.7. The first-order chi connectivity index (χ1) is 17.4. The predicted octanol–water partition coefficient (Wildman–Crippen LogP) is 2.76. The van der Waals surface area contributed by atoms with E-state index in [1.165, 1.54) is 19.2 Å². The zero-order valence-corrected chi connectivity index (χ0v) is 21.3. The molecule has 37 heavy (non-hydrogen) atoms. The molecule has 1 fully saturated rings. The minimum atomic E-state index is -1.46. The van der Waals surface area contributed by atoms with Crippen LogP contribution in [0.1, 0.15) is 52.9 Å². The topological polar surface area (TPSA) is 158 Å². The number of ketones is 1. The summed E-state index contributed by atoms with van der Waals surface area (Å²) in [6.07, 6.45) is -4.76. The average Bonchev–Trinajstić information content (AvgIpc) is 3.25. The Morgan fingerprint density at radius 3 is 2.43 bits per heavy atom. The van der Waals surface area contributed by atoms with Crippen LogP contribution in [0.2, 0.25) is 0 Å². The number of hydrogen-bond donors (Lipinski definition) is 3. The third kappa shape index (κ3) is 4.73. The van der Waals surface area contributed by atoms with Gasteiger partial charge in [-0.15, -0.1) is 0 Å². The molecule has 11 heteroatoms. The van der Waals surface area contributed by atoms with Crippen LogP contribution in [0.4, 0.5) is 0 Å². The number of aliphatic hydroxyl groups is 1. The molecule has 0 saturated carbocycles. The molecular weight excluding hydrogens is 486 g/mol. The van der Waals surface area contributed by atoms with E-state index in [1.54, 1.807) is 39.8 Å². The van der Waals surface area contributed by atoms with E-state index < -0.39 is 58.9 Å². The highest BCUT2D eigenvalue weighted by Crippen LogP contribution is 2.37. The summed E-state index contributed by atoms with van der Waals surface area (Å²) < 4.78 is 28.5. The van der Waals surface area contributed by atoms with E-state index in [-0.39, 0.29) is 22.4 Å². The molecule has 2 aromatic heterocycles. The third-order valence-corrected chi connectivity index (χ3v) is 6.41. The lowest BCUT2D eigenvalue weighted by Crippen LogP contribution is -2.65. The van der Waals surface area contributed by atoms with Gasteiger partial charge in [0.15, 0.2) is 18.0 Å². The van der Waals surface area contributed by atoms with Gasteiger partial charge in [-0.05, 0) is 58.9 Å².